The maximum atomic E-state index is 16.2. The Balaban J connectivity index is 1.36. The summed E-state index contributed by atoms with van der Waals surface area (Å²) in [7, 11) is 0. The van der Waals surface area contributed by atoms with Crippen molar-refractivity contribution in [1.29, 1.82) is 0 Å². The zero-order valence-corrected chi connectivity index (χ0v) is 29.8. The lowest BCUT2D eigenvalue weighted by molar-refractivity contribution is -0.0652. The minimum Gasteiger partial charge on any atom is -0.367 e. The molecule has 3 aromatic carbocycles. The molecule has 3 aromatic rings. The molecule has 0 radical (unpaired) electrons. The predicted molar refractivity (Wildman–Crippen MR) is 203 cm³/mol. The van der Waals surface area contributed by atoms with Crippen molar-refractivity contribution in [3.63, 3.8) is 0 Å². The largest absolute Gasteiger partial charge is 0.367 e. The second-order valence-corrected chi connectivity index (χ2v) is 13.8. The van der Waals surface area contributed by atoms with Crippen LogP contribution in [0, 0.1) is 0 Å². The first-order chi connectivity index (χ1) is 23.6. The third-order valence-electron chi connectivity index (χ3n) is 10.0. The number of unbranched alkanes of at least 4 members (excludes halogenated alkanes) is 15. The third kappa shape index (κ3) is 11.5. The minimum absolute atomic E-state index is 0.326. The molecule has 0 N–H and O–H groups in total. The van der Waals surface area contributed by atoms with Gasteiger partial charge in [-0.05, 0) is 46.7 Å². The van der Waals surface area contributed by atoms with Crippen LogP contribution in [-0.4, -0.2) is 18.4 Å². The fourth-order valence-electron chi connectivity index (χ4n) is 6.92. The van der Waals surface area contributed by atoms with Crippen LogP contribution in [0.4, 0.5) is 8.78 Å². The highest BCUT2D eigenvalue weighted by Crippen LogP contribution is 2.41. The topological polar surface area (TPSA) is 9.23 Å². The number of halogens is 2. The molecule has 0 saturated carbocycles. The molecule has 1 aliphatic rings. The Bertz CT molecular complexity index is 1360. The molecule has 260 valence electrons. The maximum absolute atomic E-state index is 16.2. The molecule has 0 heterocycles. The summed E-state index contributed by atoms with van der Waals surface area (Å²) in [5.74, 6) is -0.705. The van der Waals surface area contributed by atoms with Gasteiger partial charge in [-0.25, -0.2) is 8.78 Å². The van der Waals surface area contributed by atoms with Crippen LogP contribution in [0.2, 0.25) is 0 Å². The highest BCUT2D eigenvalue weighted by atomic mass is 19.2. The predicted octanol–water partition coefficient (Wildman–Crippen LogP) is 14.4. The molecule has 4 rings (SSSR count). The minimum atomic E-state index is -1.80. The number of allylic oxidation sites excluding steroid dienone is 2. The molecule has 0 spiro atoms. The van der Waals surface area contributed by atoms with Gasteiger partial charge < -0.3 is 4.74 Å². The third-order valence-corrected chi connectivity index (χ3v) is 10.0. The monoisotopic (exact) mass is 654 g/mol. The average molecular weight is 655 g/mol. The number of ether oxygens (including phenoxy) is 1. The van der Waals surface area contributed by atoms with Gasteiger partial charge in [0.15, 0.2) is 6.17 Å². The molecular formula is C45H60F2O. The molecule has 1 nitrogen and oxygen atoms in total. The molecule has 0 aliphatic heterocycles. The zero-order valence-electron chi connectivity index (χ0n) is 29.8. The van der Waals surface area contributed by atoms with Crippen molar-refractivity contribution in [2.24, 2.45) is 0 Å². The van der Waals surface area contributed by atoms with E-state index in [0.29, 0.717) is 24.2 Å². The molecule has 0 fully saturated rings. The first kappa shape index (κ1) is 37.8. The number of hydrogen-bond acceptors (Lipinski definition) is 1. The van der Waals surface area contributed by atoms with Gasteiger partial charge in [0.1, 0.15) is 11.4 Å². The van der Waals surface area contributed by atoms with Gasteiger partial charge in [0.05, 0.1) is 0 Å². The van der Waals surface area contributed by atoms with Crippen LogP contribution in [0.5, 0.6) is 0 Å². The summed E-state index contributed by atoms with van der Waals surface area (Å²) in [5, 5.41) is 0. The lowest BCUT2D eigenvalue weighted by Gasteiger charge is -2.36. The molecule has 1 aliphatic carbocycles. The van der Waals surface area contributed by atoms with Crippen molar-refractivity contribution in [2.75, 3.05) is 6.61 Å². The molecule has 48 heavy (non-hydrogen) atoms. The first-order valence-electron chi connectivity index (χ1n) is 19.2. The summed E-state index contributed by atoms with van der Waals surface area (Å²) in [6.45, 7) is 4.95. The normalized spacial score (nSPS) is 17.7. The Morgan fingerprint density at radius 2 is 0.938 bits per heavy atom. The van der Waals surface area contributed by atoms with E-state index in [9.17, 15) is 0 Å². The molecule has 2 unspecified atom stereocenters. The Hall–Kier alpha value is -3.04. The zero-order chi connectivity index (χ0) is 33.9. The van der Waals surface area contributed by atoms with E-state index in [1.54, 1.807) is 6.08 Å². The van der Waals surface area contributed by atoms with Gasteiger partial charge in [0.25, 0.3) is 0 Å². The van der Waals surface area contributed by atoms with E-state index in [0.717, 1.165) is 43.2 Å². The molecule has 0 saturated heterocycles. The summed E-state index contributed by atoms with van der Waals surface area (Å²) in [5.41, 5.74) is 4.28. The Labute approximate surface area is 290 Å². The smallest absolute Gasteiger partial charge is 0.184 e. The van der Waals surface area contributed by atoms with E-state index >= 15 is 8.78 Å². The van der Waals surface area contributed by atoms with E-state index in [-0.39, 0.29) is 0 Å². The van der Waals surface area contributed by atoms with Crippen molar-refractivity contribution >= 4 is 5.57 Å². The quantitative estimate of drug-likeness (QED) is 0.0925. The molecule has 2 atom stereocenters. The van der Waals surface area contributed by atoms with Crippen LogP contribution in [0.15, 0.2) is 96.8 Å². The molecule has 0 aromatic heterocycles. The second kappa shape index (κ2) is 21.1. The van der Waals surface area contributed by atoms with Gasteiger partial charge in [0.2, 0.25) is 0 Å². The molecule has 0 amide bonds. The highest BCUT2D eigenvalue weighted by Gasteiger charge is 2.44. The van der Waals surface area contributed by atoms with E-state index in [1.807, 2.05) is 48.5 Å². The summed E-state index contributed by atoms with van der Waals surface area (Å²) in [4.78, 5) is 0. The first-order valence-corrected chi connectivity index (χ1v) is 19.2. The Morgan fingerprint density at radius 1 is 0.521 bits per heavy atom. The number of alkyl halides is 1. The number of rotatable bonds is 23. The van der Waals surface area contributed by atoms with Crippen LogP contribution in [0.1, 0.15) is 135 Å². The van der Waals surface area contributed by atoms with E-state index in [2.05, 4.69) is 50.2 Å². The standard InChI is InChI=1S/C45H60F2O/c1-3-5-7-9-11-12-13-14-16-21-34-45(48-36-22-17-15-10-8-6-4-2)35-33-42(43(46)44(45)47)41-31-29-40(30-32-41)39-27-25-38(26-28-39)37-23-19-18-20-24-37/h18-20,23-33,35,44H,3-17,21-22,34,36H2,1-2H3. The summed E-state index contributed by atoms with van der Waals surface area (Å²) in [6.07, 6.45) is 22.6. The van der Waals surface area contributed by atoms with Gasteiger partial charge in [0, 0.05) is 12.2 Å². The van der Waals surface area contributed by atoms with Crippen LogP contribution in [-0.2, 0) is 4.74 Å². The van der Waals surface area contributed by atoms with Crippen molar-refractivity contribution < 1.29 is 13.5 Å². The Morgan fingerprint density at radius 3 is 1.44 bits per heavy atom. The lowest BCUT2D eigenvalue weighted by Crippen LogP contribution is -2.43. The van der Waals surface area contributed by atoms with Gasteiger partial charge in [-0.3, -0.25) is 0 Å². The van der Waals surface area contributed by atoms with Gasteiger partial charge in [-0.2, -0.15) is 0 Å². The van der Waals surface area contributed by atoms with Gasteiger partial charge in [-0.1, -0.05) is 202 Å². The van der Waals surface area contributed by atoms with E-state index in [1.165, 1.54) is 88.2 Å². The summed E-state index contributed by atoms with van der Waals surface area (Å²) < 4.78 is 38.5. The molecule has 0 bridgehead atoms. The van der Waals surface area contributed by atoms with Crippen LogP contribution in [0.3, 0.4) is 0 Å². The lowest BCUT2D eigenvalue weighted by atomic mass is 9.82. The SMILES string of the molecule is CCCCCCCCCCCCC1(OCCCCCCCCC)C=CC(c2ccc(-c3ccc(-c4ccccc4)cc3)cc2)=C(F)C1F. The van der Waals surface area contributed by atoms with Crippen molar-refractivity contribution in [2.45, 2.75) is 141 Å². The summed E-state index contributed by atoms with van der Waals surface area (Å²) >= 11 is 0. The van der Waals surface area contributed by atoms with Crippen LogP contribution >= 0.6 is 0 Å². The fourth-order valence-corrected chi connectivity index (χ4v) is 6.92. The van der Waals surface area contributed by atoms with Crippen molar-refractivity contribution in [1.82, 2.24) is 0 Å². The second-order valence-electron chi connectivity index (χ2n) is 13.8. The van der Waals surface area contributed by atoms with Gasteiger partial charge in [-0.15, -0.1) is 0 Å². The highest BCUT2D eigenvalue weighted by molar-refractivity contribution is 5.80. The van der Waals surface area contributed by atoms with Crippen molar-refractivity contribution in [3.8, 4) is 22.3 Å². The van der Waals surface area contributed by atoms with Gasteiger partial charge >= 0.3 is 0 Å². The van der Waals surface area contributed by atoms with Crippen LogP contribution < -0.4 is 0 Å². The maximum Gasteiger partial charge on any atom is 0.184 e. The Kier molecular flexibility index (Phi) is 16.6. The number of hydrogen-bond donors (Lipinski definition) is 0. The molecular weight excluding hydrogens is 594 g/mol. The molecule has 3 heteroatoms. The fraction of sp³-hybridized carbons (Fsp3) is 0.511. The van der Waals surface area contributed by atoms with Crippen LogP contribution in [0.25, 0.3) is 27.8 Å². The average Bonchev–Trinajstić information content (AvgIpc) is 3.13. The summed E-state index contributed by atoms with van der Waals surface area (Å²) in [6, 6.07) is 26.6. The van der Waals surface area contributed by atoms with E-state index < -0.39 is 17.6 Å². The van der Waals surface area contributed by atoms with Crippen molar-refractivity contribution in [3.05, 3.63) is 102 Å². The van der Waals surface area contributed by atoms with E-state index in [4.69, 9.17) is 4.74 Å². The number of benzene rings is 3.